The van der Waals surface area contributed by atoms with Crippen molar-refractivity contribution in [2.24, 2.45) is 0 Å². The summed E-state index contributed by atoms with van der Waals surface area (Å²) >= 11 is 6.04. The van der Waals surface area contributed by atoms with E-state index in [1.807, 2.05) is 13.0 Å². The lowest BCUT2D eigenvalue weighted by Gasteiger charge is -2.41. The van der Waals surface area contributed by atoms with Crippen LogP contribution in [0.2, 0.25) is 5.02 Å². The zero-order chi connectivity index (χ0) is 16.4. The molecule has 2 saturated heterocycles. The minimum atomic E-state index is -0.778. The van der Waals surface area contributed by atoms with E-state index < -0.39 is 5.60 Å². The molecule has 0 bridgehead atoms. The number of nitrogens with zero attached hydrogens (tertiary/aromatic N) is 2. The van der Waals surface area contributed by atoms with Crippen molar-refractivity contribution in [3.8, 4) is 0 Å². The molecule has 0 unspecified atom stereocenters. The van der Waals surface area contributed by atoms with Gasteiger partial charge in [-0.25, -0.2) is 0 Å². The Hall–Kier alpha value is -1.10. The van der Waals surface area contributed by atoms with E-state index >= 15 is 0 Å². The molecular weight excluding hydrogens is 312 g/mol. The Bertz CT molecular complexity index is 586. The molecular formula is C18H25ClN2O2. The van der Waals surface area contributed by atoms with Gasteiger partial charge in [0.15, 0.2) is 0 Å². The fraction of sp³-hybridized carbons (Fsp3) is 0.611. The number of β-amino-alcohol motifs (C(OH)–C–C–N with tert-alkyl or cyclic N) is 1. The molecule has 4 nitrogen and oxygen atoms in total. The van der Waals surface area contributed by atoms with E-state index in [0.717, 1.165) is 31.5 Å². The fourth-order valence-corrected chi connectivity index (χ4v) is 3.85. The van der Waals surface area contributed by atoms with Crippen molar-refractivity contribution in [2.45, 2.75) is 38.2 Å². The number of halogens is 1. The number of piperidine rings is 1. The molecule has 2 aliphatic rings. The van der Waals surface area contributed by atoms with Crippen LogP contribution in [0.5, 0.6) is 0 Å². The van der Waals surface area contributed by atoms with Crippen molar-refractivity contribution < 1.29 is 9.90 Å². The Balaban J connectivity index is 1.69. The lowest BCUT2D eigenvalue weighted by Crippen LogP contribution is -2.55. The second kappa shape index (κ2) is 6.80. The predicted molar refractivity (Wildman–Crippen MR) is 92.0 cm³/mol. The van der Waals surface area contributed by atoms with Gasteiger partial charge in [-0.3, -0.25) is 4.79 Å². The fourth-order valence-electron chi connectivity index (χ4n) is 3.73. The van der Waals surface area contributed by atoms with Gasteiger partial charge in [0, 0.05) is 23.7 Å². The van der Waals surface area contributed by atoms with Crippen LogP contribution in [0.4, 0.5) is 0 Å². The summed E-state index contributed by atoms with van der Waals surface area (Å²) in [5.74, 6) is -0.00989. The average molecular weight is 337 g/mol. The van der Waals surface area contributed by atoms with Gasteiger partial charge in [-0.15, -0.1) is 0 Å². The lowest BCUT2D eigenvalue weighted by molar-refractivity contribution is -0.0431. The third kappa shape index (κ3) is 3.87. The summed E-state index contributed by atoms with van der Waals surface area (Å²) in [6, 6.07) is 5.37. The maximum absolute atomic E-state index is 12.7. The molecule has 23 heavy (non-hydrogen) atoms. The minimum absolute atomic E-state index is 0.00989. The van der Waals surface area contributed by atoms with E-state index in [1.165, 1.54) is 12.8 Å². The number of aryl methyl sites for hydroxylation is 1. The van der Waals surface area contributed by atoms with Gasteiger partial charge in [-0.1, -0.05) is 11.6 Å². The molecule has 0 aromatic heterocycles. The molecule has 0 spiro atoms. The highest BCUT2D eigenvalue weighted by molar-refractivity contribution is 6.31. The predicted octanol–water partition coefficient (Wildman–Crippen LogP) is 2.71. The number of benzene rings is 1. The van der Waals surface area contributed by atoms with Gasteiger partial charge < -0.3 is 14.9 Å². The zero-order valence-electron chi connectivity index (χ0n) is 13.7. The molecule has 2 aliphatic heterocycles. The van der Waals surface area contributed by atoms with Crippen molar-refractivity contribution in [2.75, 3.05) is 32.7 Å². The highest BCUT2D eigenvalue weighted by Gasteiger charge is 2.37. The van der Waals surface area contributed by atoms with Crippen LogP contribution in [0.1, 0.15) is 41.6 Å². The normalized spacial score (nSPS) is 25.8. The SMILES string of the molecule is Cc1cc(C(=O)N2CCC[C@](O)(CN3CCCC3)C2)ccc1Cl. The van der Waals surface area contributed by atoms with Gasteiger partial charge >= 0.3 is 0 Å². The van der Waals surface area contributed by atoms with Crippen LogP contribution < -0.4 is 0 Å². The molecule has 3 rings (SSSR count). The molecule has 1 aromatic carbocycles. The Morgan fingerprint density at radius 1 is 1.26 bits per heavy atom. The summed E-state index contributed by atoms with van der Waals surface area (Å²) in [5.41, 5.74) is 0.777. The monoisotopic (exact) mass is 336 g/mol. The van der Waals surface area contributed by atoms with Crippen molar-refractivity contribution in [1.29, 1.82) is 0 Å². The Kier molecular flexibility index (Phi) is 4.95. The number of carbonyl (C=O) groups is 1. The summed E-state index contributed by atoms with van der Waals surface area (Å²) in [6.45, 7) is 5.83. The first-order chi connectivity index (χ1) is 11.0. The Morgan fingerprint density at radius 2 is 2.00 bits per heavy atom. The number of rotatable bonds is 3. The molecule has 0 aliphatic carbocycles. The van der Waals surface area contributed by atoms with Crippen LogP contribution in [0.15, 0.2) is 18.2 Å². The molecule has 1 amide bonds. The second-order valence-electron chi connectivity index (χ2n) is 7.00. The molecule has 0 radical (unpaired) electrons. The van der Waals surface area contributed by atoms with Gasteiger partial charge in [0.1, 0.15) is 0 Å². The number of hydrogen-bond donors (Lipinski definition) is 1. The van der Waals surface area contributed by atoms with E-state index in [2.05, 4.69) is 4.90 Å². The van der Waals surface area contributed by atoms with Gasteiger partial charge in [0.2, 0.25) is 0 Å². The van der Waals surface area contributed by atoms with E-state index in [9.17, 15) is 9.90 Å². The minimum Gasteiger partial charge on any atom is -0.387 e. The highest BCUT2D eigenvalue weighted by atomic mass is 35.5. The summed E-state index contributed by atoms with van der Waals surface area (Å²) < 4.78 is 0. The summed E-state index contributed by atoms with van der Waals surface area (Å²) in [4.78, 5) is 16.9. The average Bonchev–Trinajstić information content (AvgIpc) is 3.01. The first kappa shape index (κ1) is 16.7. The molecule has 1 aromatic rings. The van der Waals surface area contributed by atoms with Gasteiger partial charge in [0.25, 0.3) is 5.91 Å². The van der Waals surface area contributed by atoms with E-state index in [1.54, 1.807) is 17.0 Å². The standard InChI is InChI=1S/C18H25ClN2O2/c1-14-11-15(5-6-16(14)19)17(22)21-10-4-7-18(23,13-21)12-20-8-2-3-9-20/h5-6,11,23H,2-4,7-10,12-13H2,1H3/t18-/m0/s1. The molecule has 2 fully saturated rings. The largest absolute Gasteiger partial charge is 0.387 e. The Labute approximate surface area is 143 Å². The molecule has 5 heteroatoms. The Morgan fingerprint density at radius 3 is 2.70 bits per heavy atom. The third-order valence-corrected chi connectivity index (χ3v) is 5.39. The van der Waals surface area contributed by atoms with E-state index in [0.29, 0.717) is 30.2 Å². The van der Waals surface area contributed by atoms with Crippen molar-refractivity contribution in [3.05, 3.63) is 34.3 Å². The molecule has 0 saturated carbocycles. The number of likely N-dealkylation sites (tertiary alicyclic amines) is 2. The van der Waals surface area contributed by atoms with Crippen LogP contribution in [0, 0.1) is 6.92 Å². The molecule has 1 atom stereocenters. The van der Waals surface area contributed by atoms with Crippen molar-refractivity contribution >= 4 is 17.5 Å². The third-order valence-electron chi connectivity index (χ3n) is 4.96. The van der Waals surface area contributed by atoms with Crippen LogP contribution in [0.25, 0.3) is 0 Å². The van der Waals surface area contributed by atoms with E-state index in [4.69, 9.17) is 11.6 Å². The number of amides is 1. The van der Waals surface area contributed by atoms with Crippen LogP contribution in [-0.2, 0) is 0 Å². The highest BCUT2D eigenvalue weighted by Crippen LogP contribution is 2.26. The van der Waals surface area contributed by atoms with Crippen LogP contribution in [-0.4, -0.2) is 59.1 Å². The quantitative estimate of drug-likeness (QED) is 0.923. The molecule has 1 N–H and O–H groups in total. The maximum Gasteiger partial charge on any atom is 0.253 e. The van der Waals surface area contributed by atoms with Crippen molar-refractivity contribution in [1.82, 2.24) is 9.80 Å². The second-order valence-corrected chi connectivity index (χ2v) is 7.41. The van der Waals surface area contributed by atoms with Crippen molar-refractivity contribution in [3.63, 3.8) is 0 Å². The van der Waals surface area contributed by atoms with Gasteiger partial charge in [0.05, 0.1) is 12.1 Å². The smallest absolute Gasteiger partial charge is 0.253 e. The van der Waals surface area contributed by atoms with Crippen LogP contribution >= 0.6 is 11.6 Å². The number of hydrogen-bond acceptors (Lipinski definition) is 3. The lowest BCUT2D eigenvalue weighted by atomic mass is 9.91. The molecule has 2 heterocycles. The molecule has 126 valence electrons. The first-order valence-corrected chi connectivity index (χ1v) is 8.85. The first-order valence-electron chi connectivity index (χ1n) is 8.47. The van der Waals surface area contributed by atoms with Gasteiger partial charge in [-0.05, 0) is 69.5 Å². The number of aliphatic hydroxyl groups is 1. The van der Waals surface area contributed by atoms with E-state index in [-0.39, 0.29) is 5.91 Å². The summed E-state index contributed by atoms with van der Waals surface area (Å²) in [5, 5.41) is 11.6. The zero-order valence-corrected chi connectivity index (χ0v) is 14.5. The maximum atomic E-state index is 12.7. The number of carbonyl (C=O) groups excluding carboxylic acids is 1. The van der Waals surface area contributed by atoms with Gasteiger partial charge in [-0.2, -0.15) is 0 Å². The summed E-state index contributed by atoms with van der Waals surface area (Å²) in [6.07, 6.45) is 4.04. The topological polar surface area (TPSA) is 43.8 Å². The van der Waals surface area contributed by atoms with Crippen LogP contribution in [0.3, 0.4) is 0 Å². The summed E-state index contributed by atoms with van der Waals surface area (Å²) in [7, 11) is 0.